The van der Waals surface area contributed by atoms with E-state index in [-0.39, 0.29) is 6.10 Å². The fourth-order valence-corrected chi connectivity index (χ4v) is 3.59. The van der Waals surface area contributed by atoms with Crippen molar-refractivity contribution in [1.29, 1.82) is 0 Å². The van der Waals surface area contributed by atoms with Crippen molar-refractivity contribution in [1.82, 2.24) is 9.97 Å². The smallest absolute Gasteiger partial charge is 0.414 e. The quantitative estimate of drug-likeness (QED) is 0.483. The molecular weight excluding hydrogens is 398 g/mol. The molecule has 1 aliphatic rings. The van der Waals surface area contributed by atoms with Crippen LogP contribution in [0.25, 0.3) is 22.3 Å². The minimum Gasteiger partial charge on any atom is -0.446 e. The first kappa shape index (κ1) is 20.4. The van der Waals surface area contributed by atoms with Gasteiger partial charge in [0.05, 0.1) is 11.1 Å². The van der Waals surface area contributed by atoms with E-state index in [1.54, 1.807) is 19.3 Å². The molecule has 1 aromatic carbocycles. The number of aromatic nitrogens is 2. The van der Waals surface area contributed by atoms with Crippen LogP contribution < -0.4 is 4.90 Å². The lowest BCUT2D eigenvalue weighted by atomic mass is 10.0. The Morgan fingerprint density at radius 1 is 1.10 bits per heavy atom. The molecule has 1 aliphatic carbocycles. The van der Waals surface area contributed by atoms with Crippen LogP contribution in [0.4, 0.5) is 10.5 Å². The molecule has 0 bridgehead atoms. The second-order valence-corrected chi connectivity index (χ2v) is 8.27. The first-order chi connectivity index (χ1) is 14.4. The zero-order valence-corrected chi connectivity index (χ0v) is 18.1. The zero-order valence-electron chi connectivity index (χ0n) is 17.3. The van der Waals surface area contributed by atoms with E-state index in [0.717, 1.165) is 27.9 Å². The van der Waals surface area contributed by atoms with Crippen molar-refractivity contribution >= 4 is 23.4 Å². The number of halogens is 1. The zero-order chi connectivity index (χ0) is 21.3. The van der Waals surface area contributed by atoms with Crippen molar-refractivity contribution in [3.63, 3.8) is 0 Å². The highest BCUT2D eigenvalue weighted by Crippen LogP contribution is 2.40. The van der Waals surface area contributed by atoms with Crippen LogP contribution in [0.1, 0.15) is 38.3 Å². The lowest BCUT2D eigenvalue weighted by Gasteiger charge is -2.19. The van der Waals surface area contributed by atoms with E-state index in [1.165, 1.54) is 17.7 Å². The Bertz CT molecular complexity index is 1080. The summed E-state index contributed by atoms with van der Waals surface area (Å²) in [6.45, 7) is 3.64. The van der Waals surface area contributed by atoms with E-state index in [9.17, 15) is 4.79 Å². The van der Waals surface area contributed by atoms with Gasteiger partial charge in [0.25, 0.3) is 0 Å². The Morgan fingerprint density at radius 3 is 2.57 bits per heavy atom. The van der Waals surface area contributed by atoms with Gasteiger partial charge in [0, 0.05) is 59.6 Å². The summed E-state index contributed by atoms with van der Waals surface area (Å²) in [7, 11) is 1.67. The molecule has 3 aromatic rings. The van der Waals surface area contributed by atoms with Gasteiger partial charge in [0.15, 0.2) is 0 Å². The Hall–Kier alpha value is -2.92. The maximum absolute atomic E-state index is 12.1. The molecule has 154 valence electrons. The molecule has 2 heterocycles. The predicted octanol–water partition coefficient (Wildman–Crippen LogP) is 6.32. The number of benzene rings is 1. The minimum absolute atomic E-state index is 0.183. The normalized spacial score (nSPS) is 13.4. The molecule has 0 radical (unpaired) electrons. The molecule has 1 saturated carbocycles. The molecule has 6 heteroatoms. The third-order valence-electron chi connectivity index (χ3n) is 5.11. The summed E-state index contributed by atoms with van der Waals surface area (Å²) in [5, 5.41) is 0.545. The van der Waals surface area contributed by atoms with Crippen LogP contribution in [0.2, 0.25) is 5.02 Å². The minimum atomic E-state index is -0.415. The number of pyridine rings is 2. The summed E-state index contributed by atoms with van der Waals surface area (Å²) in [4.78, 5) is 22.5. The van der Waals surface area contributed by atoms with Gasteiger partial charge in [-0.2, -0.15) is 0 Å². The lowest BCUT2D eigenvalue weighted by molar-refractivity contribution is 0.124. The number of nitrogens with zero attached hydrogens (tertiary/aromatic N) is 3. The van der Waals surface area contributed by atoms with Gasteiger partial charge in [-0.15, -0.1) is 0 Å². The number of hydrogen-bond acceptors (Lipinski definition) is 4. The van der Waals surface area contributed by atoms with Crippen LogP contribution >= 0.6 is 11.6 Å². The molecule has 0 unspecified atom stereocenters. The summed E-state index contributed by atoms with van der Waals surface area (Å²) in [6.07, 6.45) is 7.35. The maximum atomic E-state index is 12.1. The maximum Gasteiger partial charge on any atom is 0.414 e. The molecule has 0 spiro atoms. The van der Waals surface area contributed by atoms with Crippen molar-refractivity contribution < 1.29 is 9.53 Å². The van der Waals surface area contributed by atoms with E-state index in [4.69, 9.17) is 16.3 Å². The third-order valence-corrected chi connectivity index (χ3v) is 5.42. The molecule has 4 rings (SSSR count). The summed E-state index contributed by atoms with van der Waals surface area (Å²) in [5.74, 6) is 0.599. The number of hydrogen-bond donors (Lipinski definition) is 0. The Morgan fingerprint density at radius 2 is 1.87 bits per heavy atom. The van der Waals surface area contributed by atoms with Gasteiger partial charge >= 0.3 is 6.09 Å². The van der Waals surface area contributed by atoms with Gasteiger partial charge in [-0.1, -0.05) is 17.7 Å². The average molecular weight is 422 g/mol. The van der Waals surface area contributed by atoms with Gasteiger partial charge in [-0.3, -0.25) is 14.9 Å². The SMILES string of the molecule is CC(C)OC(=O)N(C)c1ccc(-c2cncc(-c3ccnc(C4CC4)c3)c2)c(Cl)c1. The molecule has 2 aromatic heterocycles. The van der Waals surface area contributed by atoms with E-state index < -0.39 is 6.09 Å². The van der Waals surface area contributed by atoms with Gasteiger partial charge in [-0.05, 0) is 62.6 Å². The number of carbonyl (C=O) groups is 1. The van der Waals surface area contributed by atoms with Crippen LogP contribution in [0.5, 0.6) is 0 Å². The molecule has 1 amide bonds. The molecule has 0 atom stereocenters. The number of carbonyl (C=O) groups excluding carboxylic acids is 1. The molecule has 30 heavy (non-hydrogen) atoms. The number of ether oxygens (including phenoxy) is 1. The van der Waals surface area contributed by atoms with Gasteiger partial charge in [0.1, 0.15) is 0 Å². The highest BCUT2D eigenvalue weighted by molar-refractivity contribution is 6.33. The number of rotatable bonds is 5. The van der Waals surface area contributed by atoms with E-state index in [2.05, 4.69) is 22.1 Å². The van der Waals surface area contributed by atoms with E-state index in [1.807, 2.05) is 44.4 Å². The van der Waals surface area contributed by atoms with Crippen LogP contribution in [0.15, 0.2) is 55.0 Å². The first-order valence-corrected chi connectivity index (χ1v) is 10.5. The molecule has 1 fully saturated rings. The van der Waals surface area contributed by atoms with E-state index in [0.29, 0.717) is 16.6 Å². The Kier molecular flexibility index (Phi) is 5.73. The van der Waals surface area contributed by atoms with Gasteiger partial charge < -0.3 is 4.74 Å². The van der Waals surface area contributed by atoms with Crippen molar-refractivity contribution in [2.75, 3.05) is 11.9 Å². The summed E-state index contributed by atoms with van der Waals surface area (Å²) < 4.78 is 5.25. The summed E-state index contributed by atoms with van der Waals surface area (Å²) >= 11 is 6.58. The van der Waals surface area contributed by atoms with Crippen molar-refractivity contribution in [3.8, 4) is 22.3 Å². The lowest BCUT2D eigenvalue weighted by Crippen LogP contribution is -2.29. The standard InChI is InChI=1S/C24H24ClN3O2/c1-15(2)30-24(29)28(3)20-6-7-21(22(25)12-20)19-10-18(13-26-14-19)17-8-9-27-23(11-17)16-4-5-16/h6-16H,4-5H2,1-3H3. The number of anilines is 1. The van der Waals surface area contributed by atoms with Crippen molar-refractivity contribution in [3.05, 3.63) is 65.7 Å². The largest absolute Gasteiger partial charge is 0.446 e. The van der Waals surface area contributed by atoms with Crippen LogP contribution in [0.3, 0.4) is 0 Å². The second kappa shape index (κ2) is 8.44. The topological polar surface area (TPSA) is 55.3 Å². The van der Waals surface area contributed by atoms with Crippen LogP contribution in [-0.4, -0.2) is 29.2 Å². The second-order valence-electron chi connectivity index (χ2n) is 7.86. The van der Waals surface area contributed by atoms with Crippen LogP contribution in [0, 0.1) is 0 Å². The molecule has 0 saturated heterocycles. The monoisotopic (exact) mass is 421 g/mol. The third kappa shape index (κ3) is 4.46. The van der Waals surface area contributed by atoms with Crippen LogP contribution in [-0.2, 0) is 4.74 Å². The Labute approximate surface area is 181 Å². The first-order valence-electron chi connectivity index (χ1n) is 10.1. The Balaban J connectivity index is 1.61. The molecular formula is C24H24ClN3O2. The highest BCUT2D eigenvalue weighted by Gasteiger charge is 2.25. The fourth-order valence-electron chi connectivity index (χ4n) is 3.31. The summed E-state index contributed by atoms with van der Waals surface area (Å²) in [5.41, 5.74) is 5.72. The highest BCUT2D eigenvalue weighted by atomic mass is 35.5. The van der Waals surface area contributed by atoms with Crippen molar-refractivity contribution in [2.24, 2.45) is 0 Å². The van der Waals surface area contributed by atoms with Gasteiger partial charge in [-0.25, -0.2) is 4.79 Å². The van der Waals surface area contributed by atoms with Gasteiger partial charge in [0.2, 0.25) is 0 Å². The molecule has 0 aliphatic heterocycles. The molecule has 5 nitrogen and oxygen atoms in total. The van der Waals surface area contributed by atoms with Crippen molar-refractivity contribution in [2.45, 2.75) is 38.7 Å². The predicted molar refractivity (Wildman–Crippen MR) is 120 cm³/mol. The number of amides is 1. The average Bonchev–Trinajstić information content (AvgIpc) is 3.58. The summed E-state index contributed by atoms with van der Waals surface area (Å²) in [6, 6.07) is 11.8. The fraction of sp³-hybridized carbons (Fsp3) is 0.292. The van der Waals surface area contributed by atoms with E-state index >= 15 is 0 Å². The molecule has 0 N–H and O–H groups in total.